The highest BCUT2D eigenvalue weighted by Crippen LogP contribution is 2.36. The van der Waals surface area contributed by atoms with E-state index in [-0.39, 0.29) is 17.5 Å². The Morgan fingerprint density at radius 1 is 1.35 bits per heavy atom. The van der Waals surface area contributed by atoms with Crippen molar-refractivity contribution in [3.05, 3.63) is 34.1 Å². The first-order chi connectivity index (χ1) is 9.58. The van der Waals surface area contributed by atoms with Gasteiger partial charge in [0.15, 0.2) is 0 Å². The summed E-state index contributed by atoms with van der Waals surface area (Å²) in [6.45, 7) is 3.90. The summed E-state index contributed by atoms with van der Waals surface area (Å²) in [5.74, 6) is 0.614. The zero-order chi connectivity index (χ0) is 14.2. The van der Waals surface area contributed by atoms with Crippen LogP contribution in [0, 0.1) is 11.7 Å². The predicted octanol–water partition coefficient (Wildman–Crippen LogP) is 4.20. The Kier molecular flexibility index (Phi) is 4.16. The van der Waals surface area contributed by atoms with Crippen LogP contribution in [-0.4, -0.2) is 18.7 Å². The molecule has 0 radical (unpaired) electrons. The average Bonchev–Trinajstić information content (AvgIpc) is 2.46. The van der Waals surface area contributed by atoms with Gasteiger partial charge >= 0.3 is 0 Å². The SMILES string of the molecule is CC1CCC2(CC1)COC(c1ccc(F)c(Br)c1)CN2. The minimum Gasteiger partial charge on any atom is -0.370 e. The van der Waals surface area contributed by atoms with Gasteiger partial charge in [0.05, 0.1) is 17.2 Å². The zero-order valence-electron chi connectivity index (χ0n) is 11.8. The molecule has 1 heterocycles. The molecule has 1 unspecified atom stereocenters. The largest absolute Gasteiger partial charge is 0.370 e. The van der Waals surface area contributed by atoms with Crippen molar-refractivity contribution < 1.29 is 9.13 Å². The molecule has 110 valence electrons. The molecular weight excluding hydrogens is 321 g/mol. The third-order valence-electron chi connectivity index (χ3n) is 4.77. The third kappa shape index (κ3) is 2.92. The van der Waals surface area contributed by atoms with E-state index in [1.165, 1.54) is 31.7 Å². The highest BCUT2D eigenvalue weighted by Gasteiger charge is 2.38. The summed E-state index contributed by atoms with van der Waals surface area (Å²) in [6, 6.07) is 5.13. The van der Waals surface area contributed by atoms with Crippen molar-refractivity contribution in [2.75, 3.05) is 13.2 Å². The van der Waals surface area contributed by atoms with Gasteiger partial charge in [-0.1, -0.05) is 13.0 Å². The fourth-order valence-electron chi connectivity index (χ4n) is 3.24. The Labute approximate surface area is 128 Å². The summed E-state index contributed by atoms with van der Waals surface area (Å²) in [4.78, 5) is 0. The van der Waals surface area contributed by atoms with Gasteiger partial charge in [0.1, 0.15) is 5.82 Å². The lowest BCUT2D eigenvalue weighted by Crippen LogP contribution is -2.56. The van der Waals surface area contributed by atoms with Gasteiger partial charge in [0.2, 0.25) is 0 Å². The minimum absolute atomic E-state index is 0.0249. The lowest BCUT2D eigenvalue weighted by molar-refractivity contribution is -0.0504. The number of benzene rings is 1. The molecule has 2 nitrogen and oxygen atoms in total. The molecule has 1 aromatic carbocycles. The lowest BCUT2D eigenvalue weighted by Gasteiger charge is -2.45. The van der Waals surface area contributed by atoms with E-state index in [1.54, 1.807) is 0 Å². The third-order valence-corrected chi connectivity index (χ3v) is 5.38. The fraction of sp³-hybridized carbons (Fsp3) is 0.625. The van der Waals surface area contributed by atoms with E-state index in [0.29, 0.717) is 4.47 Å². The first kappa shape index (κ1) is 14.5. The van der Waals surface area contributed by atoms with Crippen LogP contribution in [0.3, 0.4) is 0 Å². The van der Waals surface area contributed by atoms with Crippen LogP contribution in [0.15, 0.2) is 22.7 Å². The van der Waals surface area contributed by atoms with Gasteiger partial charge < -0.3 is 10.1 Å². The van der Waals surface area contributed by atoms with Crippen molar-refractivity contribution in [1.29, 1.82) is 0 Å². The van der Waals surface area contributed by atoms with Crippen LogP contribution in [0.25, 0.3) is 0 Å². The van der Waals surface area contributed by atoms with Gasteiger partial charge in [-0.05, 0) is 65.2 Å². The number of nitrogens with one attached hydrogen (secondary N) is 1. The molecule has 20 heavy (non-hydrogen) atoms. The molecule has 3 rings (SSSR count). The quantitative estimate of drug-likeness (QED) is 0.826. The number of halogens is 2. The van der Waals surface area contributed by atoms with Crippen molar-refractivity contribution in [2.45, 2.75) is 44.2 Å². The average molecular weight is 342 g/mol. The molecule has 1 spiro atoms. The summed E-state index contributed by atoms with van der Waals surface area (Å²) < 4.78 is 19.9. The Morgan fingerprint density at radius 2 is 2.10 bits per heavy atom. The van der Waals surface area contributed by atoms with E-state index in [9.17, 15) is 4.39 Å². The van der Waals surface area contributed by atoms with Crippen LogP contribution in [0.1, 0.15) is 44.3 Å². The first-order valence-corrected chi connectivity index (χ1v) is 8.19. The van der Waals surface area contributed by atoms with Crippen molar-refractivity contribution in [3.63, 3.8) is 0 Å². The maximum atomic E-state index is 13.3. The number of hydrogen-bond donors (Lipinski definition) is 1. The van der Waals surface area contributed by atoms with Crippen LogP contribution in [0.2, 0.25) is 0 Å². The van der Waals surface area contributed by atoms with Crippen LogP contribution < -0.4 is 5.32 Å². The second kappa shape index (κ2) is 5.74. The summed E-state index contributed by atoms with van der Waals surface area (Å²) in [6.07, 6.45) is 4.99. The van der Waals surface area contributed by atoms with Crippen LogP contribution in [0.4, 0.5) is 4.39 Å². The van der Waals surface area contributed by atoms with Gasteiger partial charge in [-0.3, -0.25) is 0 Å². The second-order valence-corrected chi connectivity index (χ2v) is 7.17. The number of rotatable bonds is 1. The van der Waals surface area contributed by atoms with Crippen molar-refractivity contribution in [3.8, 4) is 0 Å². The van der Waals surface area contributed by atoms with Gasteiger partial charge in [-0.25, -0.2) is 4.39 Å². The van der Waals surface area contributed by atoms with E-state index in [4.69, 9.17) is 4.74 Å². The van der Waals surface area contributed by atoms with E-state index in [0.717, 1.165) is 24.6 Å². The first-order valence-electron chi connectivity index (χ1n) is 7.40. The van der Waals surface area contributed by atoms with Crippen LogP contribution >= 0.6 is 15.9 Å². The van der Waals surface area contributed by atoms with E-state index in [2.05, 4.69) is 28.2 Å². The number of ether oxygens (including phenoxy) is 1. The van der Waals surface area contributed by atoms with Gasteiger partial charge in [0.25, 0.3) is 0 Å². The molecule has 2 aliphatic rings. The number of morpholine rings is 1. The Morgan fingerprint density at radius 3 is 2.70 bits per heavy atom. The highest BCUT2D eigenvalue weighted by molar-refractivity contribution is 9.10. The molecule has 1 aliphatic heterocycles. The number of hydrogen-bond acceptors (Lipinski definition) is 2. The monoisotopic (exact) mass is 341 g/mol. The molecule has 4 heteroatoms. The Balaban J connectivity index is 1.65. The standard InChI is InChI=1S/C16H21BrFNO/c1-11-4-6-16(7-5-11)10-20-15(9-19-16)12-2-3-14(18)13(17)8-12/h2-3,8,11,15,19H,4-7,9-10H2,1H3. The normalized spacial score (nSPS) is 34.4. The predicted molar refractivity (Wildman–Crippen MR) is 81.2 cm³/mol. The van der Waals surface area contributed by atoms with Crippen LogP contribution in [-0.2, 0) is 4.74 Å². The maximum absolute atomic E-state index is 13.3. The zero-order valence-corrected chi connectivity index (χ0v) is 13.4. The van der Waals surface area contributed by atoms with Gasteiger partial charge in [-0.15, -0.1) is 0 Å². The van der Waals surface area contributed by atoms with Crippen LogP contribution in [0.5, 0.6) is 0 Å². The molecule has 1 saturated carbocycles. The summed E-state index contributed by atoms with van der Waals surface area (Å²) in [7, 11) is 0. The van der Waals surface area contributed by atoms with E-state index in [1.807, 2.05) is 12.1 Å². The van der Waals surface area contributed by atoms with Crippen molar-refractivity contribution >= 4 is 15.9 Å². The molecule has 1 N–H and O–H groups in total. The molecule has 2 fully saturated rings. The molecule has 0 amide bonds. The summed E-state index contributed by atoms with van der Waals surface area (Å²) in [5.41, 5.74) is 1.21. The molecule has 1 aliphatic carbocycles. The molecule has 1 aromatic rings. The smallest absolute Gasteiger partial charge is 0.137 e. The fourth-order valence-corrected chi connectivity index (χ4v) is 3.64. The summed E-state index contributed by atoms with van der Waals surface area (Å²) >= 11 is 3.24. The topological polar surface area (TPSA) is 21.3 Å². The van der Waals surface area contributed by atoms with Crippen molar-refractivity contribution in [1.82, 2.24) is 5.32 Å². The van der Waals surface area contributed by atoms with E-state index >= 15 is 0 Å². The molecular formula is C16H21BrFNO. The molecule has 0 aromatic heterocycles. The Hall–Kier alpha value is -0.450. The molecule has 0 bridgehead atoms. The molecule has 1 saturated heterocycles. The maximum Gasteiger partial charge on any atom is 0.137 e. The van der Waals surface area contributed by atoms with Gasteiger partial charge in [-0.2, -0.15) is 0 Å². The van der Waals surface area contributed by atoms with Gasteiger partial charge in [0, 0.05) is 12.1 Å². The second-order valence-electron chi connectivity index (χ2n) is 6.32. The lowest BCUT2D eigenvalue weighted by atomic mass is 9.77. The Bertz CT molecular complexity index is 475. The minimum atomic E-state index is -0.227. The van der Waals surface area contributed by atoms with E-state index < -0.39 is 0 Å². The van der Waals surface area contributed by atoms with Crippen molar-refractivity contribution in [2.24, 2.45) is 5.92 Å². The summed E-state index contributed by atoms with van der Waals surface area (Å²) in [5, 5.41) is 3.70. The highest BCUT2D eigenvalue weighted by atomic mass is 79.9. The molecule has 1 atom stereocenters.